The van der Waals surface area contributed by atoms with Crippen molar-refractivity contribution in [1.29, 1.82) is 0 Å². The van der Waals surface area contributed by atoms with Crippen molar-refractivity contribution < 1.29 is 28.3 Å². The van der Waals surface area contributed by atoms with Gasteiger partial charge in [-0.1, -0.05) is 132 Å². The number of nitrogens with two attached hydrogens (primary N) is 1. The molecule has 268 valence electrons. The molecule has 46 heavy (non-hydrogen) atoms. The van der Waals surface area contributed by atoms with Gasteiger partial charge in [-0.25, -0.2) is 4.79 Å². The summed E-state index contributed by atoms with van der Waals surface area (Å²) in [5.74, 6) is -1.18. The lowest BCUT2D eigenvalue weighted by Crippen LogP contribution is -2.59. The topological polar surface area (TPSA) is 105 Å². The Morgan fingerprint density at radius 3 is 1.76 bits per heavy atom. The molecule has 0 aromatic carbocycles. The van der Waals surface area contributed by atoms with Crippen molar-refractivity contribution in [1.82, 2.24) is 0 Å². The van der Waals surface area contributed by atoms with E-state index in [1.165, 1.54) is 44.6 Å². The van der Waals surface area contributed by atoms with Gasteiger partial charge in [-0.3, -0.25) is 9.59 Å². The van der Waals surface area contributed by atoms with Crippen molar-refractivity contribution in [3.05, 3.63) is 12.7 Å². The first-order valence-electron chi connectivity index (χ1n) is 18.7. The van der Waals surface area contributed by atoms with Crippen molar-refractivity contribution >= 4 is 26.0 Å². The Kier molecular flexibility index (Phi) is 21.2. The van der Waals surface area contributed by atoms with E-state index in [1.807, 2.05) is 0 Å². The van der Waals surface area contributed by atoms with Gasteiger partial charge in [-0.2, -0.15) is 0 Å². The van der Waals surface area contributed by atoms with E-state index >= 15 is 0 Å². The van der Waals surface area contributed by atoms with Gasteiger partial charge in [-0.15, -0.1) is 0 Å². The highest BCUT2D eigenvalue weighted by Crippen LogP contribution is 2.43. The van der Waals surface area contributed by atoms with Crippen LogP contribution in [0.3, 0.4) is 0 Å². The Labute approximate surface area is 283 Å². The van der Waals surface area contributed by atoms with Crippen molar-refractivity contribution in [3.8, 4) is 0 Å². The van der Waals surface area contributed by atoms with Crippen molar-refractivity contribution in [3.63, 3.8) is 0 Å². The van der Waals surface area contributed by atoms with Gasteiger partial charge in [0.2, 0.25) is 8.32 Å². The third kappa shape index (κ3) is 14.7. The summed E-state index contributed by atoms with van der Waals surface area (Å²) in [6, 6.07) is -1.22. The highest BCUT2D eigenvalue weighted by atomic mass is 28.4. The first kappa shape index (κ1) is 42.5. The van der Waals surface area contributed by atoms with Crippen molar-refractivity contribution in [2.75, 3.05) is 6.61 Å². The predicted molar refractivity (Wildman–Crippen MR) is 192 cm³/mol. The van der Waals surface area contributed by atoms with Crippen LogP contribution in [-0.2, 0) is 28.3 Å². The molecule has 0 bridgehead atoms. The first-order valence-corrected chi connectivity index (χ1v) is 20.9. The SMILES string of the molecule is C=CCOC(=O)C[C@@H](CCCCCCCCCCC(C)C)C(=O)[C@@H](N)[C@H](O[Si](C(C)C)(C(C)C)C(C)C)C(=O)OC1CCCCC1. The van der Waals surface area contributed by atoms with Gasteiger partial charge in [0.25, 0.3) is 0 Å². The van der Waals surface area contributed by atoms with Gasteiger partial charge in [0.05, 0.1) is 6.42 Å². The zero-order valence-electron chi connectivity index (χ0n) is 31.0. The van der Waals surface area contributed by atoms with E-state index in [1.54, 1.807) is 0 Å². The molecule has 3 atom stereocenters. The lowest BCUT2D eigenvalue weighted by molar-refractivity contribution is -0.162. The highest BCUT2D eigenvalue weighted by molar-refractivity contribution is 6.77. The highest BCUT2D eigenvalue weighted by Gasteiger charge is 2.50. The number of Topliss-reactive ketones (excluding diaryl/α,β-unsaturated/α-hetero) is 1. The molecule has 1 rings (SSSR count). The molecule has 0 heterocycles. The van der Waals surface area contributed by atoms with Crippen LogP contribution in [0, 0.1) is 11.8 Å². The Bertz CT molecular complexity index is 861. The minimum atomic E-state index is -2.61. The van der Waals surface area contributed by atoms with Gasteiger partial charge in [-0.05, 0) is 54.6 Å². The Morgan fingerprint density at radius 2 is 1.28 bits per heavy atom. The molecular weight excluding hydrogens is 595 g/mol. The summed E-state index contributed by atoms with van der Waals surface area (Å²) in [4.78, 5) is 40.8. The molecule has 0 aromatic rings. The maximum atomic E-state index is 14.2. The summed E-state index contributed by atoms with van der Waals surface area (Å²) in [6.45, 7) is 21.1. The van der Waals surface area contributed by atoms with Crippen LogP contribution in [0.4, 0.5) is 0 Å². The van der Waals surface area contributed by atoms with E-state index in [0.29, 0.717) is 6.42 Å². The normalized spacial score (nSPS) is 16.5. The second kappa shape index (κ2) is 22.9. The number of ketones is 1. The maximum Gasteiger partial charge on any atom is 0.336 e. The van der Waals surface area contributed by atoms with E-state index in [0.717, 1.165) is 57.3 Å². The Hall–Kier alpha value is -1.51. The molecule has 0 aliphatic heterocycles. The average Bonchev–Trinajstić information content (AvgIpc) is 2.99. The van der Waals surface area contributed by atoms with Gasteiger partial charge in [0, 0.05) is 5.92 Å². The van der Waals surface area contributed by atoms with Crippen molar-refractivity contribution in [2.45, 2.75) is 193 Å². The van der Waals surface area contributed by atoms with Crippen LogP contribution >= 0.6 is 0 Å². The summed E-state index contributed by atoms with van der Waals surface area (Å²) in [5, 5.41) is 0. The zero-order valence-corrected chi connectivity index (χ0v) is 32.0. The Balaban J connectivity index is 3.10. The molecule has 0 unspecified atom stereocenters. The van der Waals surface area contributed by atoms with Crippen molar-refractivity contribution in [2.24, 2.45) is 17.6 Å². The number of rotatable bonds is 25. The third-order valence-corrected chi connectivity index (χ3v) is 16.1. The lowest BCUT2D eigenvalue weighted by atomic mass is 9.88. The number of hydrogen-bond donors (Lipinski definition) is 1. The van der Waals surface area contributed by atoms with Crippen LogP contribution in [0.1, 0.15) is 158 Å². The molecule has 1 saturated carbocycles. The molecule has 0 amide bonds. The fourth-order valence-electron chi connectivity index (χ4n) is 7.49. The zero-order chi connectivity index (χ0) is 34.7. The first-order chi connectivity index (χ1) is 21.8. The summed E-state index contributed by atoms with van der Waals surface area (Å²) >= 11 is 0. The Morgan fingerprint density at radius 1 is 0.783 bits per heavy atom. The molecule has 2 N–H and O–H groups in total. The van der Waals surface area contributed by atoms with Gasteiger partial charge in [0.1, 0.15) is 18.8 Å². The number of unbranched alkanes of at least 4 members (excludes halogenated alkanes) is 7. The number of carbonyl (C=O) groups excluding carboxylic acids is 3. The summed E-state index contributed by atoms with van der Waals surface area (Å²) in [6.07, 6.45) is 15.9. The number of hydrogen-bond acceptors (Lipinski definition) is 7. The fourth-order valence-corrected chi connectivity index (χ4v) is 13.0. The van der Waals surface area contributed by atoms with Gasteiger partial charge >= 0.3 is 11.9 Å². The molecule has 1 aliphatic carbocycles. The van der Waals surface area contributed by atoms with E-state index in [2.05, 4.69) is 62.0 Å². The number of carbonyl (C=O) groups is 3. The van der Waals surface area contributed by atoms with E-state index < -0.39 is 38.3 Å². The minimum absolute atomic E-state index is 0.0677. The van der Waals surface area contributed by atoms with Gasteiger partial charge in [0.15, 0.2) is 11.9 Å². The minimum Gasteiger partial charge on any atom is -0.461 e. The standard InChI is InChI=1S/C38H71NO6Si/c1-10-26-43-34(40)27-32(23-19-16-14-12-11-13-15-18-22-28(2)3)36(41)35(39)37(38(42)44-33-24-20-17-21-25-33)45-46(29(4)5,30(6)7)31(8)9/h10,28-33,35,37H,1,11-27,39H2,2-9H3/t32-,35-,37+/m1/s1. The number of esters is 2. The molecule has 8 heteroatoms. The predicted octanol–water partition coefficient (Wildman–Crippen LogP) is 9.61. The van der Waals surface area contributed by atoms with Crippen LogP contribution in [-0.4, -0.2) is 50.9 Å². The lowest BCUT2D eigenvalue weighted by Gasteiger charge is -2.45. The molecule has 0 saturated heterocycles. The molecule has 7 nitrogen and oxygen atoms in total. The fraction of sp³-hybridized carbons (Fsp3) is 0.868. The average molecular weight is 666 g/mol. The summed E-state index contributed by atoms with van der Waals surface area (Å²) < 4.78 is 18.2. The maximum absolute atomic E-state index is 14.2. The second-order valence-corrected chi connectivity index (χ2v) is 20.6. The summed E-state index contributed by atoms with van der Waals surface area (Å²) in [5.41, 5.74) is 7.34. The van der Waals surface area contributed by atoms with E-state index in [9.17, 15) is 14.4 Å². The molecule has 0 aromatic heterocycles. The molecular formula is C38H71NO6Si. The van der Waals surface area contributed by atoms with E-state index in [4.69, 9.17) is 19.6 Å². The van der Waals surface area contributed by atoms with E-state index in [-0.39, 0.29) is 41.5 Å². The van der Waals surface area contributed by atoms with Crippen LogP contribution in [0.25, 0.3) is 0 Å². The molecule has 0 spiro atoms. The molecule has 0 radical (unpaired) electrons. The second-order valence-electron chi connectivity index (χ2n) is 15.2. The molecule has 1 fully saturated rings. The largest absolute Gasteiger partial charge is 0.461 e. The quantitative estimate of drug-likeness (QED) is 0.0448. The monoisotopic (exact) mass is 666 g/mol. The smallest absolute Gasteiger partial charge is 0.336 e. The van der Waals surface area contributed by atoms with Crippen LogP contribution in [0.5, 0.6) is 0 Å². The van der Waals surface area contributed by atoms with Gasteiger partial charge < -0.3 is 19.6 Å². The number of ether oxygens (including phenoxy) is 2. The van der Waals surface area contributed by atoms with Crippen LogP contribution in [0.15, 0.2) is 12.7 Å². The van der Waals surface area contributed by atoms with Crippen LogP contribution < -0.4 is 5.73 Å². The molecule has 1 aliphatic rings. The summed E-state index contributed by atoms with van der Waals surface area (Å²) in [7, 11) is -2.61. The van der Waals surface area contributed by atoms with Crippen LogP contribution in [0.2, 0.25) is 16.6 Å². The third-order valence-electron chi connectivity index (χ3n) is 10.0.